The molecular formula is C18H19I2NO. The molecule has 4 heteroatoms. The quantitative estimate of drug-likeness (QED) is 0.382. The van der Waals surface area contributed by atoms with Gasteiger partial charge in [-0.1, -0.05) is 25.5 Å². The minimum Gasteiger partial charge on any atom is -0.506 e. The number of benzene rings is 2. The van der Waals surface area contributed by atoms with E-state index in [1.165, 1.54) is 24.0 Å². The van der Waals surface area contributed by atoms with Gasteiger partial charge in [-0.2, -0.15) is 0 Å². The van der Waals surface area contributed by atoms with E-state index in [0.29, 0.717) is 5.75 Å². The van der Waals surface area contributed by atoms with Crippen molar-refractivity contribution in [1.82, 2.24) is 0 Å². The molecule has 0 amide bonds. The van der Waals surface area contributed by atoms with Crippen molar-refractivity contribution in [3.8, 4) is 5.75 Å². The SMILES string of the molecule is CCCCc1ccc(N=Cc2cc(I)cc(I)c2O)c(C)c1. The topological polar surface area (TPSA) is 32.6 Å². The Hall–Kier alpha value is -0.630. The maximum absolute atomic E-state index is 10.1. The fourth-order valence-corrected chi connectivity index (χ4v) is 4.11. The molecule has 0 aliphatic heterocycles. The molecule has 0 aliphatic rings. The second-order valence-electron chi connectivity index (χ2n) is 5.31. The van der Waals surface area contributed by atoms with Crippen LogP contribution in [0.2, 0.25) is 0 Å². The van der Waals surface area contributed by atoms with Gasteiger partial charge in [0, 0.05) is 15.3 Å². The van der Waals surface area contributed by atoms with Crippen molar-refractivity contribution in [1.29, 1.82) is 0 Å². The lowest BCUT2D eigenvalue weighted by Gasteiger charge is -2.06. The van der Waals surface area contributed by atoms with Gasteiger partial charge in [-0.25, -0.2) is 0 Å². The largest absolute Gasteiger partial charge is 0.506 e. The van der Waals surface area contributed by atoms with Crippen LogP contribution in [0.25, 0.3) is 0 Å². The first-order valence-electron chi connectivity index (χ1n) is 7.33. The lowest BCUT2D eigenvalue weighted by Crippen LogP contribution is -1.89. The minimum absolute atomic E-state index is 0.294. The highest BCUT2D eigenvalue weighted by atomic mass is 127. The van der Waals surface area contributed by atoms with Crippen molar-refractivity contribution in [3.05, 3.63) is 54.2 Å². The first kappa shape index (κ1) is 17.7. The predicted octanol–water partition coefficient (Wildman–Crippen LogP) is 6.00. The summed E-state index contributed by atoms with van der Waals surface area (Å²) in [5.41, 5.74) is 4.24. The second-order valence-corrected chi connectivity index (χ2v) is 7.72. The Morgan fingerprint density at radius 1 is 1.18 bits per heavy atom. The molecule has 2 aromatic rings. The number of phenols is 1. The smallest absolute Gasteiger partial charge is 0.137 e. The van der Waals surface area contributed by atoms with E-state index < -0.39 is 0 Å². The highest BCUT2D eigenvalue weighted by Crippen LogP contribution is 2.27. The maximum atomic E-state index is 10.1. The van der Waals surface area contributed by atoms with E-state index in [4.69, 9.17) is 0 Å². The lowest BCUT2D eigenvalue weighted by atomic mass is 10.0. The van der Waals surface area contributed by atoms with Crippen LogP contribution in [0, 0.1) is 14.1 Å². The van der Waals surface area contributed by atoms with Gasteiger partial charge in [-0.15, -0.1) is 0 Å². The zero-order chi connectivity index (χ0) is 16.1. The number of unbranched alkanes of at least 4 members (excludes halogenated alkanes) is 1. The highest BCUT2D eigenvalue weighted by Gasteiger charge is 2.05. The fraction of sp³-hybridized carbons (Fsp3) is 0.278. The fourth-order valence-electron chi connectivity index (χ4n) is 2.22. The zero-order valence-corrected chi connectivity index (χ0v) is 17.1. The summed E-state index contributed by atoms with van der Waals surface area (Å²) < 4.78 is 1.94. The molecule has 0 radical (unpaired) electrons. The summed E-state index contributed by atoms with van der Waals surface area (Å²) in [6.07, 6.45) is 5.30. The van der Waals surface area contributed by atoms with E-state index in [1.54, 1.807) is 6.21 Å². The Morgan fingerprint density at radius 2 is 1.95 bits per heavy atom. The molecule has 0 bridgehead atoms. The van der Waals surface area contributed by atoms with Gasteiger partial charge in [0.15, 0.2) is 0 Å². The number of hydrogen-bond acceptors (Lipinski definition) is 2. The summed E-state index contributed by atoms with van der Waals surface area (Å²) in [6, 6.07) is 10.3. The summed E-state index contributed by atoms with van der Waals surface area (Å²) >= 11 is 4.39. The summed E-state index contributed by atoms with van der Waals surface area (Å²) in [5.74, 6) is 0.294. The summed E-state index contributed by atoms with van der Waals surface area (Å²) in [6.45, 7) is 4.29. The van der Waals surface area contributed by atoms with Gasteiger partial charge in [0.05, 0.1) is 9.26 Å². The van der Waals surface area contributed by atoms with Crippen LogP contribution in [0.3, 0.4) is 0 Å². The monoisotopic (exact) mass is 519 g/mol. The predicted molar refractivity (Wildman–Crippen MR) is 111 cm³/mol. The van der Waals surface area contributed by atoms with E-state index >= 15 is 0 Å². The molecule has 0 aromatic heterocycles. The van der Waals surface area contributed by atoms with Crippen LogP contribution >= 0.6 is 45.2 Å². The van der Waals surface area contributed by atoms with E-state index in [1.807, 2.05) is 12.1 Å². The number of aliphatic imine (C=N–C) groups is 1. The van der Waals surface area contributed by atoms with Gasteiger partial charge >= 0.3 is 0 Å². The third-order valence-corrected chi connectivity index (χ3v) is 4.93. The molecule has 1 N–H and O–H groups in total. The molecule has 0 saturated carbocycles. The molecule has 0 saturated heterocycles. The normalized spacial score (nSPS) is 11.3. The minimum atomic E-state index is 0.294. The molecule has 0 spiro atoms. The number of phenolic OH excluding ortho intramolecular Hbond substituents is 1. The van der Waals surface area contributed by atoms with Gasteiger partial charge in [0.2, 0.25) is 0 Å². The second kappa shape index (κ2) is 8.29. The molecule has 22 heavy (non-hydrogen) atoms. The van der Waals surface area contributed by atoms with Gasteiger partial charge in [0.1, 0.15) is 5.75 Å². The number of nitrogens with zero attached hydrogens (tertiary/aromatic N) is 1. The Labute approximate surface area is 159 Å². The van der Waals surface area contributed by atoms with E-state index in [9.17, 15) is 5.11 Å². The van der Waals surface area contributed by atoms with Gasteiger partial charge in [0.25, 0.3) is 0 Å². The van der Waals surface area contributed by atoms with Crippen molar-refractivity contribution < 1.29 is 5.11 Å². The van der Waals surface area contributed by atoms with Gasteiger partial charge in [-0.05, 0) is 94.3 Å². The standard InChI is InChI=1S/C18H19I2NO/c1-3-4-5-13-6-7-17(12(2)8-13)21-11-14-9-15(19)10-16(20)18(14)22/h6-11,22H,3-5H2,1-2H3. The number of aromatic hydroxyl groups is 1. The van der Waals surface area contributed by atoms with Crippen LogP contribution in [0.1, 0.15) is 36.5 Å². The van der Waals surface area contributed by atoms with Crippen molar-refractivity contribution in [2.45, 2.75) is 33.1 Å². The third-order valence-electron chi connectivity index (χ3n) is 3.48. The lowest BCUT2D eigenvalue weighted by molar-refractivity contribution is 0.470. The Kier molecular flexibility index (Phi) is 6.67. The average Bonchev–Trinajstić information content (AvgIpc) is 2.48. The average molecular weight is 519 g/mol. The van der Waals surface area contributed by atoms with E-state index in [2.05, 4.69) is 82.2 Å². The molecule has 2 nitrogen and oxygen atoms in total. The number of halogens is 2. The summed E-state index contributed by atoms with van der Waals surface area (Å²) in [7, 11) is 0. The van der Waals surface area contributed by atoms with Crippen molar-refractivity contribution in [3.63, 3.8) is 0 Å². The molecule has 116 valence electrons. The maximum Gasteiger partial charge on any atom is 0.137 e. The Balaban J connectivity index is 2.23. The van der Waals surface area contributed by atoms with E-state index in [0.717, 1.165) is 24.8 Å². The van der Waals surface area contributed by atoms with Gasteiger partial charge in [-0.3, -0.25) is 4.99 Å². The van der Waals surface area contributed by atoms with Crippen molar-refractivity contribution in [2.24, 2.45) is 4.99 Å². The molecule has 0 fully saturated rings. The van der Waals surface area contributed by atoms with Gasteiger partial charge < -0.3 is 5.11 Å². The van der Waals surface area contributed by atoms with Crippen LogP contribution in [0.5, 0.6) is 5.75 Å². The number of rotatable bonds is 5. The summed E-state index contributed by atoms with van der Waals surface area (Å²) in [4.78, 5) is 4.55. The Morgan fingerprint density at radius 3 is 2.64 bits per heavy atom. The molecular weight excluding hydrogens is 500 g/mol. The molecule has 0 aliphatic carbocycles. The highest BCUT2D eigenvalue weighted by molar-refractivity contribution is 14.1. The molecule has 0 atom stereocenters. The molecule has 0 unspecified atom stereocenters. The van der Waals surface area contributed by atoms with E-state index in [-0.39, 0.29) is 0 Å². The van der Waals surface area contributed by atoms with Crippen LogP contribution in [-0.2, 0) is 6.42 Å². The molecule has 2 aromatic carbocycles. The number of hydrogen-bond donors (Lipinski definition) is 1. The third kappa shape index (κ3) is 4.68. The van der Waals surface area contributed by atoms with Crippen LogP contribution in [0.4, 0.5) is 5.69 Å². The van der Waals surface area contributed by atoms with Crippen LogP contribution in [-0.4, -0.2) is 11.3 Å². The first-order valence-corrected chi connectivity index (χ1v) is 9.48. The van der Waals surface area contributed by atoms with Crippen LogP contribution < -0.4 is 0 Å². The summed E-state index contributed by atoms with van der Waals surface area (Å²) in [5, 5.41) is 10.1. The van der Waals surface area contributed by atoms with Crippen molar-refractivity contribution in [2.75, 3.05) is 0 Å². The molecule has 0 heterocycles. The first-order chi connectivity index (χ1) is 10.5. The Bertz CT molecular complexity index is 696. The van der Waals surface area contributed by atoms with Crippen molar-refractivity contribution >= 4 is 57.1 Å². The zero-order valence-electron chi connectivity index (χ0n) is 12.7. The molecule has 2 rings (SSSR count). The number of aryl methyl sites for hydroxylation is 2. The van der Waals surface area contributed by atoms with Crippen LogP contribution in [0.15, 0.2) is 35.3 Å².